The summed E-state index contributed by atoms with van der Waals surface area (Å²) in [5.41, 5.74) is 1.95. The van der Waals surface area contributed by atoms with Crippen LogP contribution in [0.2, 0.25) is 5.02 Å². The minimum absolute atomic E-state index is 0.558. The van der Waals surface area contributed by atoms with Gasteiger partial charge in [-0.3, -0.25) is 0 Å². The molecule has 0 saturated heterocycles. The average Bonchev–Trinajstić information content (AvgIpc) is 2.39. The molecule has 100 valence electrons. The number of aromatic nitrogens is 1. The monoisotopic (exact) mass is 276 g/mol. The summed E-state index contributed by atoms with van der Waals surface area (Å²) in [6, 6.07) is 11.5. The Balaban J connectivity index is 2.16. The number of benzene rings is 1. The zero-order valence-electron chi connectivity index (χ0n) is 11.1. The van der Waals surface area contributed by atoms with E-state index in [1.165, 1.54) is 0 Å². The highest BCUT2D eigenvalue weighted by Gasteiger charge is 2.05. The second kappa shape index (κ2) is 6.55. The first-order valence-corrected chi connectivity index (χ1v) is 6.67. The lowest BCUT2D eigenvalue weighted by Crippen LogP contribution is -2.13. The van der Waals surface area contributed by atoms with Gasteiger partial charge in [0, 0.05) is 12.6 Å². The molecule has 4 heteroatoms. The fourth-order valence-corrected chi connectivity index (χ4v) is 1.86. The van der Waals surface area contributed by atoms with Gasteiger partial charge in [-0.15, -0.1) is 0 Å². The number of hydrogen-bond donors (Lipinski definition) is 1. The molecule has 0 atom stereocenters. The minimum atomic E-state index is 0.558. The Morgan fingerprint density at radius 2 is 2.11 bits per heavy atom. The van der Waals surface area contributed by atoms with Crippen molar-refractivity contribution >= 4 is 11.6 Å². The summed E-state index contributed by atoms with van der Waals surface area (Å²) in [6.45, 7) is 5.58. The van der Waals surface area contributed by atoms with Gasteiger partial charge in [-0.25, -0.2) is 4.98 Å². The first kappa shape index (κ1) is 13.8. The zero-order chi connectivity index (χ0) is 13.7. The molecule has 19 heavy (non-hydrogen) atoms. The molecule has 0 bridgehead atoms. The molecule has 0 aliphatic heterocycles. The lowest BCUT2D eigenvalue weighted by atomic mass is 10.2. The van der Waals surface area contributed by atoms with Gasteiger partial charge >= 0.3 is 0 Å². The molecule has 0 spiro atoms. The number of rotatable bonds is 5. The summed E-state index contributed by atoms with van der Waals surface area (Å²) in [4.78, 5) is 4.42. The van der Waals surface area contributed by atoms with Gasteiger partial charge in [-0.1, -0.05) is 30.7 Å². The van der Waals surface area contributed by atoms with Crippen molar-refractivity contribution in [3.8, 4) is 11.6 Å². The van der Waals surface area contributed by atoms with Crippen molar-refractivity contribution in [3.05, 3.63) is 52.7 Å². The summed E-state index contributed by atoms with van der Waals surface area (Å²) in [5.74, 6) is 1.34. The minimum Gasteiger partial charge on any atom is -0.439 e. The van der Waals surface area contributed by atoms with Crippen molar-refractivity contribution in [2.45, 2.75) is 20.4 Å². The number of hydrogen-bond acceptors (Lipinski definition) is 3. The molecule has 2 aromatic rings. The van der Waals surface area contributed by atoms with E-state index in [1.807, 2.05) is 44.2 Å². The van der Waals surface area contributed by atoms with Gasteiger partial charge in [0.25, 0.3) is 0 Å². The van der Waals surface area contributed by atoms with E-state index in [9.17, 15) is 0 Å². The molecular weight excluding hydrogens is 260 g/mol. The van der Waals surface area contributed by atoms with Crippen molar-refractivity contribution in [2.75, 3.05) is 6.54 Å². The van der Waals surface area contributed by atoms with E-state index in [4.69, 9.17) is 16.3 Å². The molecule has 0 unspecified atom stereocenters. The second-order valence-electron chi connectivity index (χ2n) is 4.28. The van der Waals surface area contributed by atoms with Crippen molar-refractivity contribution < 1.29 is 4.74 Å². The van der Waals surface area contributed by atoms with E-state index in [1.54, 1.807) is 6.07 Å². The lowest BCUT2D eigenvalue weighted by Gasteiger charge is -2.09. The molecule has 0 amide bonds. The molecular formula is C15H17ClN2O. The van der Waals surface area contributed by atoms with Gasteiger partial charge in [0.15, 0.2) is 0 Å². The number of halogens is 1. The zero-order valence-corrected chi connectivity index (χ0v) is 11.9. The van der Waals surface area contributed by atoms with Crippen LogP contribution in [0.4, 0.5) is 0 Å². The second-order valence-corrected chi connectivity index (χ2v) is 4.68. The summed E-state index contributed by atoms with van der Waals surface area (Å²) in [6.07, 6.45) is 0. The number of nitrogens with zero attached hydrogens (tertiary/aromatic N) is 1. The fraction of sp³-hybridized carbons (Fsp3) is 0.267. The van der Waals surface area contributed by atoms with Crippen molar-refractivity contribution in [1.29, 1.82) is 0 Å². The quantitative estimate of drug-likeness (QED) is 0.898. The third-order valence-electron chi connectivity index (χ3n) is 2.65. The molecule has 2 rings (SSSR count). The van der Waals surface area contributed by atoms with Crippen LogP contribution < -0.4 is 10.1 Å². The number of ether oxygens (including phenoxy) is 1. The first-order chi connectivity index (χ1) is 9.19. The van der Waals surface area contributed by atoms with E-state index in [-0.39, 0.29) is 0 Å². The Morgan fingerprint density at radius 3 is 2.84 bits per heavy atom. The van der Waals surface area contributed by atoms with Crippen LogP contribution in [0.5, 0.6) is 11.6 Å². The molecule has 0 radical (unpaired) electrons. The lowest BCUT2D eigenvalue weighted by molar-refractivity contribution is 0.459. The predicted octanol–water partition coefficient (Wildman–Crippen LogP) is 3.95. The largest absolute Gasteiger partial charge is 0.439 e. The number of nitrogens with one attached hydrogen (secondary N) is 1. The Hall–Kier alpha value is -1.58. The van der Waals surface area contributed by atoms with Gasteiger partial charge in [-0.05, 0) is 37.2 Å². The van der Waals surface area contributed by atoms with Gasteiger partial charge in [0.05, 0.1) is 10.7 Å². The highest BCUT2D eigenvalue weighted by molar-refractivity contribution is 6.31. The third kappa shape index (κ3) is 3.94. The highest BCUT2D eigenvalue weighted by atomic mass is 35.5. The van der Waals surface area contributed by atoms with Crippen LogP contribution in [0.1, 0.15) is 18.2 Å². The van der Waals surface area contributed by atoms with Crippen molar-refractivity contribution in [1.82, 2.24) is 10.3 Å². The van der Waals surface area contributed by atoms with Crippen LogP contribution in [0.15, 0.2) is 36.4 Å². The van der Waals surface area contributed by atoms with Crippen LogP contribution in [0.3, 0.4) is 0 Å². The Labute approximate surface area is 118 Å². The summed E-state index contributed by atoms with van der Waals surface area (Å²) in [5, 5.41) is 3.85. The van der Waals surface area contributed by atoms with Crippen LogP contribution in [0.25, 0.3) is 0 Å². The maximum atomic E-state index is 6.10. The topological polar surface area (TPSA) is 34.2 Å². The van der Waals surface area contributed by atoms with Crippen molar-refractivity contribution in [3.63, 3.8) is 0 Å². The molecule has 3 nitrogen and oxygen atoms in total. The number of pyridine rings is 1. The molecule has 0 fully saturated rings. The Kier molecular flexibility index (Phi) is 4.77. The maximum Gasteiger partial charge on any atom is 0.219 e. The van der Waals surface area contributed by atoms with Gasteiger partial charge in [0.1, 0.15) is 5.75 Å². The molecule has 1 heterocycles. The van der Waals surface area contributed by atoms with E-state index in [2.05, 4.69) is 10.3 Å². The van der Waals surface area contributed by atoms with E-state index >= 15 is 0 Å². The van der Waals surface area contributed by atoms with E-state index in [0.29, 0.717) is 17.4 Å². The van der Waals surface area contributed by atoms with Crippen LogP contribution in [-0.2, 0) is 6.54 Å². The smallest absolute Gasteiger partial charge is 0.219 e. The predicted molar refractivity (Wildman–Crippen MR) is 77.9 cm³/mol. The van der Waals surface area contributed by atoms with Gasteiger partial charge < -0.3 is 10.1 Å². The van der Waals surface area contributed by atoms with E-state index < -0.39 is 0 Å². The standard InChI is InChI=1S/C15H17ClN2O/c1-3-17-10-14-13(16)7-8-15(18-14)19-12-6-4-5-11(2)9-12/h4-9,17H,3,10H2,1-2H3. The normalized spacial score (nSPS) is 10.5. The molecule has 0 saturated carbocycles. The molecule has 1 N–H and O–H groups in total. The maximum absolute atomic E-state index is 6.10. The van der Waals surface area contributed by atoms with Crippen LogP contribution in [-0.4, -0.2) is 11.5 Å². The van der Waals surface area contributed by atoms with Gasteiger partial charge in [0.2, 0.25) is 5.88 Å². The fourth-order valence-electron chi connectivity index (χ4n) is 1.69. The molecule has 1 aromatic carbocycles. The average molecular weight is 277 g/mol. The van der Waals surface area contributed by atoms with Gasteiger partial charge in [-0.2, -0.15) is 0 Å². The highest BCUT2D eigenvalue weighted by Crippen LogP contribution is 2.23. The van der Waals surface area contributed by atoms with Crippen LogP contribution >= 0.6 is 11.6 Å². The SMILES string of the molecule is CCNCc1nc(Oc2cccc(C)c2)ccc1Cl. The van der Waals surface area contributed by atoms with Crippen LogP contribution in [0, 0.1) is 6.92 Å². The summed E-state index contributed by atoms with van der Waals surface area (Å²) < 4.78 is 5.74. The Morgan fingerprint density at radius 1 is 1.26 bits per heavy atom. The summed E-state index contributed by atoms with van der Waals surface area (Å²) in [7, 11) is 0. The molecule has 1 aromatic heterocycles. The molecule has 0 aliphatic carbocycles. The number of aryl methyl sites for hydroxylation is 1. The summed E-state index contributed by atoms with van der Waals surface area (Å²) >= 11 is 6.10. The van der Waals surface area contributed by atoms with E-state index in [0.717, 1.165) is 23.6 Å². The first-order valence-electron chi connectivity index (χ1n) is 6.29. The molecule has 0 aliphatic rings. The van der Waals surface area contributed by atoms with Crippen molar-refractivity contribution in [2.24, 2.45) is 0 Å². The third-order valence-corrected chi connectivity index (χ3v) is 2.99. The Bertz CT molecular complexity index is 558.